The predicted octanol–water partition coefficient (Wildman–Crippen LogP) is 2.33. The number of thiophene rings is 1. The Labute approximate surface area is 81.2 Å². The zero-order valence-electron chi connectivity index (χ0n) is 7.29. The number of fused-ring (bicyclic) bond motifs is 2. The van der Waals surface area contributed by atoms with Gasteiger partial charge in [-0.2, -0.15) is 0 Å². The Hall–Kier alpha value is -0.860. The molecule has 0 bridgehead atoms. The SMILES string of the molecule is N[C@H]1Cc2cc3ccsc3cc2C1. The van der Waals surface area contributed by atoms with E-state index in [0.29, 0.717) is 6.04 Å². The van der Waals surface area contributed by atoms with Crippen molar-refractivity contribution >= 4 is 21.4 Å². The number of rotatable bonds is 0. The fourth-order valence-electron chi connectivity index (χ4n) is 2.12. The van der Waals surface area contributed by atoms with Crippen molar-refractivity contribution in [3.63, 3.8) is 0 Å². The Morgan fingerprint density at radius 1 is 1.23 bits per heavy atom. The van der Waals surface area contributed by atoms with Gasteiger partial charge < -0.3 is 5.73 Å². The van der Waals surface area contributed by atoms with Crippen LogP contribution in [0.15, 0.2) is 23.6 Å². The molecule has 2 heteroatoms. The van der Waals surface area contributed by atoms with Crippen molar-refractivity contribution in [2.45, 2.75) is 18.9 Å². The Morgan fingerprint density at radius 2 is 2.00 bits per heavy atom. The first-order valence-corrected chi connectivity index (χ1v) is 5.45. The van der Waals surface area contributed by atoms with E-state index < -0.39 is 0 Å². The number of benzene rings is 1. The minimum atomic E-state index is 0.353. The fourth-order valence-corrected chi connectivity index (χ4v) is 2.95. The normalized spacial score (nSPS) is 20.8. The molecule has 1 heterocycles. The third-order valence-corrected chi connectivity index (χ3v) is 3.62. The van der Waals surface area contributed by atoms with E-state index in [0.717, 1.165) is 12.8 Å². The summed E-state index contributed by atoms with van der Waals surface area (Å²) < 4.78 is 1.40. The summed E-state index contributed by atoms with van der Waals surface area (Å²) in [6.07, 6.45) is 2.12. The molecule has 1 atom stereocenters. The first kappa shape index (κ1) is 7.54. The monoisotopic (exact) mass is 189 g/mol. The topological polar surface area (TPSA) is 26.0 Å². The predicted molar refractivity (Wildman–Crippen MR) is 57.2 cm³/mol. The molecule has 1 nitrogen and oxygen atoms in total. The highest BCUT2D eigenvalue weighted by atomic mass is 32.1. The van der Waals surface area contributed by atoms with Crippen LogP contribution in [0.2, 0.25) is 0 Å². The first-order chi connectivity index (χ1) is 6.33. The van der Waals surface area contributed by atoms with E-state index in [2.05, 4.69) is 23.6 Å². The molecular formula is C11H11NS. The molecule has 3 rings (SSSR count). The van der Waals surface area contributed by atoms with E-state index in [1.165, 1.54) is 21.2 Å². The van der Waals surface area contributed by atoms with Crippen LogP contribution in [0, 0.1) is 0 Å². The van der Waals surface area contributed by atoms with Crippen LogP contribution in [-0.4, -0.2) is 6.04 Å². The highest BCUT2D eigenvalue weighted by molar-refractivity contribution is 7.17. The van der Waals surface area contributed by atoms with Gasteiger partial charge in [0.15, 0.2) is 0 Å². The maximum atomic E-state index is 5.92. The standard InChI is InChI=1S/C11H11NS/c12-10-4-8-3-7-1-2-13-11(7)6-9(8)5-10/h1-3,6,10H,4-5,12H2/t10-/m0/s1. The van der Waals surface area contributed by atoms with Crippen LogP contribution in [0.3, 0.4) is 0 Å². The van der Waals surface area contributed by atoms with Crippen LogP contribution >= 0.6 is 11.3 Å². The maximum absolute atomic E-state index is 5.92. The third-order valence-electron chi connectivity index (χ3n) is 2.74. The Kier molecular flexibility index (Phi) is 1.49. The van der Waals surface area contributed by atoms with Crippen molar-refractivity contribution in [2.24, 2.45) is 5.73 Å². The van der Waals surface area contributed by atoms with Crippen molar-refractivity contribution < 1.29 is 0 Å². The van der Waals surface area contributed by atoms with Crippen molar-refractivity contribution in [1.29, 1.82) is 0 Å². The quantitative estimate of drug-likeness (QED) is 0.676. The Morgan fingerprint density at radius 3 is 2.85 bits per heavy atom. The van der Waals surface area contributed by atoms with Crippen molar-refractivity contribution in [1.82, 2.24) is 0 Å². The van der Waals surface area contributed by atoms with Crippen molar-refractivity contribution in [3.05, 3.63) is 34.7 Å². The molecule has 2 N–H and O–H groups in total. The van der Waals surface area contributed by atoms with E-state index in [1.807, 2.05) is 11.3 Å². The maximum Gasteiger partial charge on any atom is 0.0345 e. The molecule has 2 aromatic rings. The summed E-state index contributed by atoms with van der Waals surface area (Å²) in [6.45, 7) is 0. The van der Waals surface area contributed by atoms with Gasteiger partial charge >= 0.3 is 0 Å². The lowest BCUT2D eigenvalue weighted by Gasteiger charge is -1.97. The van der Waals surface area contributed by atoms with Gasteiger partial charge in [0.2, 0.25) is 0 Å². The molecule has 0 aliphatic heterocycles. The van der Waals surface area contributed by atoms with Gasteiger partial charge in [-0.1, -0.05) is 0 Å². The highest BCUT2D eigenvalue weighted by Crippen LogP contribution is 2.29. The minimum absolute atomic E-state index is 0.353. The smallest absolute Gasteiger partial charge is 0.0345 e. The summed E-state index contributed by atoms with van der Waals surface area (Å²) in [4.78, 5) is 0. The van der Waals surface area contributed by atoms with E-state index in [4.69, 9.17) is 5.73 Å². The van der Waals surface area contributed by atoms with Crippen LogP contribution in [-0.2, 0) is 12.8 Å². The van der Waals surface area contributed by atoms with Crippen LogP contribution in [0.1, 0.15) is 11.1 Å². The Bertz CT molecular complexity index is 418. The molecule has 0 saturated heterocycles. The molecule has 66 valence electrons. The lowest BCUT2D eigenvalue weighted by Crippen LogP contribution is -2.18. The van der Waals surface area contributed by atoms with Crippen molar-refractivity contribution in [3.8, 4) is 0 Å². The van der Waals surface area contributed by atoms with Crippen molar-refractivity contribution in [2.75, 3.05) is 0 Å². The zero-order valence-corrected chi connectivity index (χ0v) is 8.10. The van der Waals surface area contributed by atoms with Gasteiger partial charge in [0.25, 0.3) is 0 Å². The molecule has 0 unspecified atom stereocenters. The second-order valence-electron chi connectivity index (χ2n) is 3.75. The van der Waals surface area contributed by atoms with E-state index >= 15 is 0 Å². The van der Waals surface area contributed by atoms with E-state index in [1.54, 1.807) is 0 Å². The minimum Gasteiger partial charge on any atom is -0.327 e. The number of hydrogen-bond acceptors (Lipinski definition) is 2. The lowest BCUT2D eigenvalue weighted by atomic mass is 10.1. The van der Waals surface area contributed by atoms with Gasteiger partial charge in [0, 0.05) is 10.7 Å². The molecule has 0 saturated carbocycles. The summed E-state index contributed by atoms with van der Waals surface area (Å²) in [6, 6.07) is 7.15. The second-order valence-corrected chi connectivity index (χ2v) is 4.70. The van der Waals surface area contributed by atoms with Gasteiger partial charge in [-0.15, -0.1) is 11.3 Å². The first-order valence-electron chi connectivity index (χ1n) is 4.57. The third kappa shape index (κ3) is 1.10. The Balaban J connectivity index is 2.27. The van der Waals surface area contributed by atoms with E-state index in [-0.39, 0.29) is 0 Å². The average Bonchev–Trinajstić information content (AvgIpc) is 2.63. The van der Waals surface area contributed by atoms with Crippen LogP contribution in [0.25, 0.3) is 10.1 Å². The fraction of sp³-hybridized carbons (Fsp3) is 0.273. The van der Waals surface area contributed by atoms with Gasteiger partial charge in [-0.05, 0) is 52.9 Å². The molecule has 1 aliphatic rings. The summed E-state index contributed by atoms with van der Waals surface area (Å²) >= 11 is 1.81. The number of nitrogens with two attached hydrogens (primary N) is 1. The average molecular weight is 189 g/mol. The lowest BCUT2D eigenvalue weighted by molar-refractivity contribution is 0.721. The molecule has 0 spiro atoms. The molecule has 0 radical (unpaired) electrons. The summed E-state index contributed by atoms with van der Waals surface area (Å²) in [5.41, 5.74) is 8.84. The molecular weight excluding hydrogens is 178 g/mol. The van der Waals surface area contributed by atoms with Crippen LogP contribution < -0.4 is 5.73 Å². The van der Waals surface area contributed by atoms with Gasteiger partial charge in [0.05, 0.1) is 0 Å². The van der Waals surface area contributed by atoms with Gasteiger partial charge in [0.1, 0.15) is 0 Å². The molecule has 1 aromatic heterocycles. The summed E-state index contributed by atoms with van der Waals surface area (Å²) in [5.74, 6) is 0. The van der Waals surface area contributed by atoms with E-state index in [9.17, 15) is 0 Å². The van der Waals surface area contributed by atoms with Gasteiger partial charge in [-0.3, -0.25) is 0 Å². The zero-order chi connectivity index (χ0) is 8.84. The van der Waals surface area contributed by atoms with Crippen LogP contribution in [0.5, 0.6) is 0 Å². The molecule has 1 aromatic carbocycles. The summed E-state index contributed by atoms with van der Waals surface area (Å²) in [5, 5.41) is 3.53. The van der Waals surface area contributed by atoms with Gasteiger partial charge in [-0.25, -0.2) is 0 Å². The highest BCUT2D eigenvalue weighted by Gasteiger charge is 2.18. The molecule has 0 fully saturated rings. The summed E-state index contributed by atoms with van der Waals surface area (Å²) in [7, 11) is 0. The second kappa shape index (κ2) is 2.56. The van der Waals surface area contributed by atoms with Crippen LogP contribution in [0.4, 0.5) is 0 Å². The molecule has 0 amide bonds. The molecule has 1 aliphatic carbocycles. The number of hydrogen-bond donors (Lipinski definition) is 1. The molecule has 13 heavy (non-hydrogen) atoms. The largest absolute Gasteiger partial charge is 0.327 e.